The van der Waals surface area contributed by atoms with E-state index < -0.39 is 36.0 Å². The number of fused-ring (bicyclic) bond motifs is 2. The van der Waals surface area contributed by atoms with Gasteiger partial charge in [-0.1, -0.05) is 36.4 Å². The Morgan fingerprint density at radius 1 is 0.493 bits per heavy atom. The molecule has 6 aromatic heterocycles. The third kappa shape index (κ3) is 34.3. The lowest BCUT2D eigenvalue weighted by Crippen LogP contribution is -2.48. The number of likely N-dealkylation sites (N-methyl/N-ethyl adjacent to an activating group) is 2. The maximum absolute atomic E-state index is 13.6. The number of carbonyl (C=O) groups is 5. The Kier molecular flexibility index (Phi) is 45.0. The number of rotatable bonds is 24. The number of urea groups is 1. The summed E-state index contributed by atoms with van der Waals surface area (Å²) in [7, 11) is 17.1. The molecule has 39 nitrogen and oxygen atoms in total. The summed E-state index contributed by atoms with van der Waals surface area (Å²) in [5.41, 5.74) is 16.1. The summed E-state index contributed by atoms with van der Waals surface area (Å²) in [6.45, 7) is 6.16. The molecule has 8 aromatic rings. The van der Waals surface area contributed by atoms with Crippen LogP contribution < -0.4 is 56.0 Å². The lowest BCUT2D eigenvalue weighted by molar-refractivity contribution is -0.137. The van der Waals surface area contributed by atoms with Crippen molar-refractivity contribution in [1.29, 1.82) is 21.0 Å². The topological polar surface area (TPSA) is 502 Å². The number of ether oxygens (including phenoxy) is 13. The maximum atomic E-state index is 13.6. The average Bonchev–Trinajstić information content (AvgIpc) is 0.775. The monoisotopic (exact) mass is 1980 g/mol. The van der Waals surface area contributed by atoms with Crippen molar-refractivity contribution in [3.05, 3.63) is 184 Å². The zero-order chi connectivity index (χ0) is 102. The van der Waals surface area contributed by atoms with Crippen LogP contribution in [-0.4, -0.2) is 256 Å². The van der Waals surface area contributed by atoms with E-state index in [1.165, 1.54) is 38.4 Å². The molecule has 5 amide bonds. The molecule has 2 aromatic carbocycles. The molecule has 10 heterocycles. The number of amides is 5. The van der Waals surface area contributed by atoms with Crippen LogP contribution in [0, 0.1) is 51.1 Å². The number of para-hydroxylation sites is 2. The number of aliphatic hydroxyl groups excluding tert-OH is 1. The number of hydrogen-bond acceptors (Lipinski definition) is 34. The number of methoxy groups -OCH3 is 8. The third-order valence-electron chi connectivity index (χ3n) is 24.8. The van der Waals surface area contributed by atoms with Gasteiger partial charge >= 0.3 is 17.6 Å². The van der Waals surface area contributed by atoms with Gasteiger partial charge in [-0.05, 0) is 201 Å². The molecule has 0 radical (unpaired) electrons. The van der Waals surface area contributed by atoms with Crippen LogP contribution in [0.15, 0.2) is 122 Å². The van der Waals surface area contributed by atoms with E-state index in [2.05, 4.69) is 64.9 Å². The normalized spacial score (nSPS) is 19.7. The number of aromatic nitrogens is 6. The maximum Gasteiger partial charge on any atom is 0.418 e. The fourth-order valence-corrected chi connectivity index (χ4v) is 17.0. The first-order valence-corrected chi connectivity index (χ1v) is 47.5. The number of nitrogens with two attached hydrogens (primary N) is 2. The van der Waals surface area contributed by atoms with E-state index in [4.69, 9.17) is 106 Å². The van der Waals surface area contributed by atoms with Crippen molar-refractivity contribution in [2.75, 3.05) is 156 Å². The number of nitrogens with zero attached hydrogens (tertiary/aromatic N) is 15. The quantitative estimate of drug-likeness (QED) is 0.0242. The fraction of sp³-hybridized carbons (Fsp3) is 0.495. The van der Waals surface area contributed by atoms with Crippen molar-refractivity contribution in [3.63, 3.8) is 0 Å². The minimum atomic E-state index is -0.814. The summed E-state index contributed by atoms with van der Waals surface area (Å²) < 4.78 is 83.6. The molecule has 0 atom stereocenters. The van der Waals surface area contributed by atoms with Gasteiger partial charge in [-0.15, -0.1) is 0 Å². The first-order chi connectivity index (χ1) is 68.7. The molecule has 142 heavy (non-hydrogen) atoms. The predicted molar refractivity (Wildman–Crippen MR) is 525 cm³/mol. The minimum absolute atomic E-state index is 0.00928. The van der Waals surface area contributed by atoms with Gasteiger partial charge in [-0.3, -0.25) is 34.9 Å². The van der Waals surface area contributed by atoms with E-state index in [1.807, 2.05) is 51.9 Å². The van der Waals surface area contributed by atoms with Crippen molar-refractivity contribution >= 4 is 75.9 Å². The number of nitriles is 4. The second-order valence-electron chi connectivity index (χ2n) is 34.7. The summed E-state index contributed by atoms with van der Waals surface area (Å²) in [6, 6.07) is 34.8. The van der Waals surface area contributed by atoms with Crippen LogP contribution >= 0.6 is 11.6 Å². The molecule has 6 fully saturated rings. The molecule has 4 saturated carbocycles. The Balaban J connectivity index is 0.000000183. The molecule has 0 unspecified atom stereocenters. The lowest BCUT2D eigenvalue weighted by atomic mass is 9.95. The van der Waals surface area contributed by atoms with Crippen molar-refractivity contribution in [3.8, 4) is 53.0 Å². The number of benzene rings is 2. The van der Waals surface area contributed by atoms with Crippen LogP contribution in [0.3, 0.4) is 0 Å². The van der Waals surface area contributed by atoms with Crippen LogP contribution in [0.2, 0.25) is 0 Å². The van der Waals surface area contributed by atoms with Gasteiger partial charge in [0, 0.05) is 145 Å². The number of anilines is 6. The molecule has 8 N–H and O–H groups in total. The number of nitrogens with one attached hydrogen (secondary N) is 3. The van der Waals surface area contributed by atoms with Gasteiger partial charge in [0.2, 0.25) is 24.4 Å². The second kappa shape index (κ2) is 57.7. The second-order valence-corrected chi connectivity index (χ2v) is 35.0. The van der Waals surface area contributed by atoms with Crippen LogP contribution in [0.4, 0.5) is 53.7 Å². The van der Waals surface area contributed by atoms with Gasteiger partial charge < -0.3 is 93.3 Å². The Morgan fingerprint density at radius 2 is 0.887 bits per heavy atom. The van der Waals surface area contributed by atoms with Crippen LogP contribution in [0.25, 0.3) is 0 Å². The Labute approximate surface area is 832 Å². The van der Waals surface area contributed by atoms with Crippen molar-refractivity contribution in [2.45, 2.75) is 203 Å². The standard InChI is InChI=1S/C31H41N7O6.C20H21N3O4.C17H26N4O3.C13H17N3O2.C7H5ClO2.C7H14O2.C6H4FN3/c1-36-12-13-37(27(39)19-36)18-21-14-20-6-5-11-38(29(20)35-28(21)30(42-3)43-4)31(40)34-26-15-25(22(16-32)17-33-26)44-24-9-7-23(41-2)8-10-24;1-25-15-7-9-17(10-8-15)26-18-11-19(22-13-14(18)12-21)23-20(24)27-16-5-3-2-4-6-16;1-20-7-8-21(14(22)11-20)10-13-9-12-5-4-6-18-16(12)19-15(13)17(23-2)24-3;1-17-10-2-4-11(5-3-10)18-12-6-13(15)16-8-9(12)7-14;8-7(9)10-6-4-2-1-3-5-6;1-9-7-4-2-6(8)3-5-7;7-5-1-6(9)10-3-4(5)2-8/h14-15,17,23-24,30H,5-13,18-19H2,1-4H3,(H,33,34,40);2-6,11,13,15,17H,7-10H2,1H3,(H,22,23,24);9,17H,4-8,10-11H2,1-3H3,(H,18,19);6,8,10-11H,2-5H2,1H3,(H2,15,16);1-5H;6-8H,2-5H2,1H3;1,3H,(H2,9,10). The van der Waals surface area contributed by atoms with E-state index in [0.29, 0.717) is 114 Å². The van der Waals surface area contributed by atoms with Crippen molar-refractivity contribution < 1.29 is 95.0 Å². The molecule has 41 heteroatoms. The zero-order valence-corrected chi connectivity index (χ0v) is 82.7. The molecule has 760 valence electrons. The molecule has 4 aliphatic carbocycles. The van der Waals surface area contributed by atoms with Crippen molar-refractivity contribution in [2.24, 2.45) is 0 Å². The molecule has 2 saturated heterocycles. The number of aliphatic hydroxyl groups is 1. The first kappa shape index (κ1) is 111. The van der Waals surface area contributed by atoms with E-state index in [9.17, 15) is 38.9 Å². The lowest BCUT2D eigenvalue weighted by Gasteiger charge is -2.34. The highest BCUT2D eigenvalue weighted by atomic mass is 35.5. The Morgan fingerprint density at radius 3 is 1.32 bits per heavy atom. The fourth-order valence-electron chi connectivity index (χ4n) is 16.9. The van der Waals surface area contributed by atoms with Gasteiger partial charge in [0.25, 0.3) is 0 Å². The molecule has 16 rings (SSSR count). The number of piperazine rings is 2. The van der Waals surface area contributed by atoms with E-state index in [0.717, 1.165) is 195 Å². The van der Waals surface area contributed by atoms with Crippen molar-refractivity contribution in [1.82, 2.24) is 49.5 Å². The summed E-state index contributed by atoms with van der Waals surface area (Å²) in [5, 5.41) is 54.0. The summed E-state index contributed by atoms with van der Waals surface area (Å²) >= 11 is 4.95. The summed E-state index contributed by atoms with van der Waals surface area (Å²) in [4.78, 5) is 95.7. The van der Waals surface area contributed by atoms with Gasteiger partial charge in [0.1, 0.15) is 127 Å². The SMILES string of the molecule is COC(OC)c1nc2c(cc1CN1CCN(C)CC1=O)CCCN2.COC1CCC(O)CC1.COC1CCC(Oc2cc(N)ncc2C#N)CC1.COC1CCC(Oc2cc(NC(=O)N3CCCc4cc(CN5CCN(C)CC5=O)c(C(OC)OC)nc43)ncc2C#N)CC1.COC1CCC(Oc2cc(NC(=O)Oc3ccccc3)ncc2C#N)CC1.N#Cc1cnc(N)cc1F.O=C(Cl)Oc1ccccc1. The average molecular weight is 1980 g/mol. The molecule has 0 spiro atoms. The number of hydrogen-bond donors (Lipinski definition) is 6. The van der Waals surface area contributed by atoms with Gasteiger partial charge in [-0.2, -0.15) is 21.0 Å². The highest BCUT2D eigenvalue weighted by Crippen LogP contribution is 2.37. The van der Waals surface area contributed by atoms with E-state index >= 15 is 0 Å². The number of nitrogen functional groups attached to an aromatic ring is 2. The summed E-state index contributed by atoms with van der Waals surface area (Å²) in [6.07, 6.45) is 22.9. The number of pyridine rings is 6. The molecule has 8 aliphatic rings. The van der Waals surface area contributed by atoms with Gasteiger partial charge in [-0.25, -0.2) is 48.7 Å². The molecule has 0 bridgehead atoms. The predicted octanol–water partition coefficient (Wildman–Crippen LogP) is 14.0. The van der Waals surface area contributed by atoms with Crippen LogP contribution in [0.5, 0.6) is 28.7 Å². The van der Waals surface area contributed by atoms with Crippen LogP contribution in [0.1, 0.15) is 184 Å². The Hall–Kier alpha value is -13.2. The molecule has 4 aliphatic heterocycles. The zero-order valence-electron chi connectivity index (χ0n) is 81.9. The van der Waals surface area contributed by atoms with E-state index in [-0.39, 0.29) is 71.5 Å². The third-order valence-corrected chi connectivity index (χ3v) is 24.8. The largest absolute Gasteiger partial charge is 0.489 e. The van der Waals surface area contributed by atoms with Gasteiger partial charge in [0.15, 0.2) is 0 Å². The first-order valence-electron chi connectivity index (χ1n) is 47.1. The number of halogens is 2. The number of carbonyl (C=O) groups excluding carboxylic acids is 5. The Bertz CT molecular complexity index is 5570. The van der Waals surface area contributed by atoms with E-state index in [1.54, 1.807) is 120 Å². The smallest absolute Gasteiger partial charge is 0.418 e. The summed E-state index contributed by atoms with van der Waals surface area (Å²) in [5.74, 6) is 4.19. The highest BCUT2D eigenvalue weighted by molar-refractivity contribution is 6.61. The highest BCUT2D eigenvalue weighted by Gasteiger charge is 2.34. The number of aryl methyl sites for hydroxylation is 2. The minimum Gasteiger partial charge on any atom is -0.489 e. The molecular weight excluding hydrogens is 1850 g/mol. The molecular formula is C101H128ClFN20O19. The van der Waals surface area contributed by atoms with Crippen LogP contribution in [-0.2, 0) is 73.4 Å². The van der Waals surface area contributed by atoms with Gasteiger partial charge in [0.05, 0.1) is 86.7 Å².